The Morgan fingerprint density at radius 3 is 2.74 bits per heavy atom. The fraction of sp³-hybridized carbons (Fsp3) is 0.125. The van der Waals surface area contributed by atoms with Crippen LogP contribution in [0.15, 0.2) is 52.2 Å². The van der Waals surface area contributed by atoms with Crippen molar-refractivity contribution in [1.29, 1.82) is 0 Å². The van der Waals surface area contributed by atoms with Crippen LogP contribution in [-0.2, 0) is 6.54 Å². The van der Waals surface area contributed by atoms with Gasteiger partial charge in [-0.1, -0.05) is 5.16 Å². The van der Waals surface area contributed by atoms with Crippen molar-refractivity contribution in [3.63, 3.8) is 0 Å². The van der Waals surface area contributed by atoms with E-state index >= 15 is 0 Å². The van der Waals surface area contributed by atoms with Crippen molar-refractivity contribution >= 4 is 12.1 Å². The number of phenols is 1. The number of halogens is 3. The van der Waals surface area contributed by atoms with Crippen LogP contribution in [-0.4, -0.2) is 38.3 Å². The lowest BCUT2D eigenvalue weighted by Crippen LogP contribution is -2.19. The Bertz CT molecular complexity index is 960. The number of carbonyl (C=O) groups is 1. The maximum atomic E-state index is 12.3. The summed E-state index contributed by atoms with van der Waals surface area (Å²) in [5.41, 5.74) is 2.88. The number of carbonyl (C=O) groups excluding carboxylic acids is 1. The average Bonchev–Trinajstić information content (AvgIpc) is 3.24. The highest BCUT2D eigenvalue weighted by molar-refractivity contribution is 5.93. The highest BCUT2D eigenvalue weighted by Gasteiger charge is 2.28. The Morgan fingerprint density at radius 1 is 1.30 bits per heavy atom. The van der Waals surface area contributed by atoms with Crippen molar-refractivity contribution in [3.05, 3.63) is 54.0 Å². The van der Waals surface area contributed by atoms with Gasteiger partial charge in [-0.05, 0) is 30.3 Å². The van der Waals surface area contributed by atoms with Crippen molar-refractivity contribution in [2.24, 2.45) is 5.10 Å². The number of aromatic hydroxyl groups is 1. The van der Waals surface area contributed by atoms with E-state index in [-0.39, 0.29) is 17.1 Å². The van der Waals surface area contributed by atoms with Crippen LogP contribution in [0.25, 0.3) is 11.3 Å². The number of phenolic OH excluding ortho intramolecular Hbond substituents is 1. The van der Waals surface area contributed by atoms with Gasteiger partial charge in [-0.25, -0.2) is 5.43 Å². The summed E-state index contributed by atoms with van der Waals surface area (Å²) in [6.07, 6.45) is -2.12. The van der Waals surface area contributed by atoms with Crippen LogP contribution < -0.4 is 5.43 Å². The SMILES string of the molecule is O=C(N/N=C\c1ccn(CC(F)(F)F)n1)c1cc(-c2ccc(O)cc2)on1. The van der Waals surface area contributed by atoms with Crippen molar-refractivity contribution < 1.29 is 27.6 Å². The fourth-order valence-corrected chi connectivity index (χ4v) is 2.08. The normalized spacial score (nSPS) is 11.8. The molecule has 0 aliphatic heterocycles. The van der Waals surface area contributed by atoms with E-state index in [1.165, 1.54) is 24.3 Å². The number of hydrazone groups is 1. The Kier molecular flexibility index (Phi) is 4.92. The van der Waals surface area contributed by atoms with E-state index in [9.17, 15) is 23.1 Å². The van der Waals surface area contributed by atoms with Crippen LogP contribution in [0.3, 0.4) is 0 Å². The first-order valence-electron chi connectivity index (χ1n) is 7.50. The topological polar surface area (TPSA) is 106 Å². The minimum atomic E-state index is -4.38. The maximum Gasteiger partial charge on any atom is 0.408 e. The lowest BCUT2D eigenvalue weighted by Gasteiger charge is -2.04. The van der Waals surface area contributed by atoms with Gasteiger partial charge < -0.3 is 9.63 Å². The molecule has 0 atom stereocenters. The Balaban J connectivity index is 1.59. The van der Waals surface area contributed by atoms with E-state index in [4.69, 9.17) is 4.52 Å². The average molecular weight is 379 g/mol. The molecule has 0 unspecified atom stereocenters. The van der Waals surface area contributed by atoms with Crippen molar-refractivity contribution in [2.75, 3.05) is 0 Å². The zero-order valence-corrected chi connectivity index (χ0v) is 13.5. The molecular formula is C16H12F3N5O3. The summed E-state index contributed by atoms with van der Waals surface area (Å²) in [5, 5.41) is 20.2. The molecule has 8 nitrogen and oxygen atoms in total. The Morgan fingerprint density at radius 2 is 2.04 bits per heavy atom. The molecule has 11 heteroatoms. The van der Waals surface area contributed by atoms with Gasteiger partial charge in [0, 0.05) is 17.8 Å². The summed E-state index contributed by atoms with van der Waals surface area (Å²) < 4.78 is 42.6. The van der Waals surface area contributed by atoms with Gasteiger partial charge in [0.1, 0.15) is 18.0 Å². The second-order valence-electron chi connectivity index (χ2n) is 5.38. The smallest absolute Gasteiger partial charge is 0.408 e. The van der Waals surface area contributed by atoms with E-state index in [1.54, 1.807) is 12.1 Å². The molecular weight excluding hydrogens is 367 g/mol. The number of hydrogen-bond acceptors (Lipinski definition) is 6. The molecule has 140 valence electrons. The Labute approximate surface area is 149 Å². The molecule has 3 rings (SSSR count). The molecule has 0 bridgehead atoms. The highest BCUT2D eigenvalue weighted by atomic mass is 19.4. The summed E-state index contributed by atoms with van der Waals surface area (Å²) in [7, 11) is 0. The summed E-state index contributed by atoms with van der Waals surface area (Å²) in [5.74, 6) is -0.270. The van der Waals surface area contributed by atoms with E-state index in [0.29, 0.717) is 16.0 Å². The largest absolute Gasteiger partial charge is 0.508 e. The monoisotopic (exact) mass is 379 g/mol. The van der Waals surface area contributed by atoms with Crippen LogP contribution in [0, 0.1) is 0 Å². The fourth-order valence-electron chi connectivity index (χ4n) is 2.08. The van der Waals surface area contributed by atoms with Gasteiger partial charge in [0.15, 0.2) is 11.5 Å². The quantitative estimate of drug-likeness (QED) is 0.524. The van der Waals surface area contributed by atoms with Gasteiger partial charge in [0.25, 0.3) is 5.91 Å². The standard InChI is InChI=1S/C16H12F3N5O3/c17-16(18,19)9-24-6-5-11(22-24)8-20-21-15(26)13-7-14(27-23-13)10-1-3-12(25)4-2-10/h1-8,25H,9H2,(H,21,26)/b20-8-. The summed E-state index contributed by atoms with van der Waals surface area (Å²) in [6, 6.07) is 8.80. The Hall–Kier alpha value is -3.63. The predicted octanol–water partition coefficient (Wildman–Crippen LogP) is 2.57. The molecule has 2 heterocycles. The summed E-state index contributed by atoms with van der Waals surface area (Å²) >= 11 is 0. The molecule has 1 aromatic carbocycles. The van der Waals surface area contributed by atoms with Crippen LogP contribution >= 0.6 is 0 Å². The van der Waals surface area contributed by atoms with E-state index in [1.807, 2.05) is 0 Å². The lowest BCUT2D eigenvalue weighted by atomic mass is 10.1. The minimum Gasteiger partial charge on any atom is -0.508 e. The van der Waals surface area contributed by atoms with E-state index in [0.717, 1.165) is 12.4 Å². The van der Waals surface area contributed by atoms with Crippen LogP contribution in [0.2, 0.25) is 0 Å². The number of nitrogens with one attached hydrogen (secondary N) is 1. The van der Waals surface area contributed by atoms with Gasteiger partial charge in [-0.15, -0.1) is 0 Å². The molecule has 0 saturated heterocycles. The van der Waals surface area contributed by atoms with Crippen molar-refractivity contribution in [2.45, 2.75) is 12.7 Å². The third-order valence-electron chi connectivity index (χ3n) is 3.26. The van der Waals surface area contributed by atoms with Gasteiger partial charge >= 0.3 is 6.18 Å². The third kappa shape index (κ3) is 4.93. The first kappa shape index (κ1) is 18.2. The van der Waals surface area contributed by atoms with Gasteiger partial charge in [-0.3, -0.25) is 9.48 Å². The molecule has 0 fully saturated rings. The molecule has 0 spiro atoms. The van der Waals surface area contributed by atoms with Gasteiger partial charge in [-0.2, -0.15) is 23.4 Å². The molecule has 3 aromatic rings. The number of aromatic nitrogens is 3. The summed E-state index contributed by atoms with van der Waals surface area (Å²) in [4.78, 5) is 12.0. The molecule has 0 saturated carbocycles. The number of hydrogen-bond donors (Lipinski definition) is 2. The minimum absolute atomic E-state index is 0.0437. The first-order valence-corrected chi connectivity index (χ1v) is 7.50. The van der Waals surface area contributed by atoms with Crippen LogP contribution in [0.1, 0.15) is 16.2 Å². The van der Waals surface area contributed by atoms with E-state index in [2.05, 4.69) is 20.8 Å². The zero-order valence-electron chi connectivity index (χ0n) is 13.5. The third-order valence-corrected chi connectivity index (χ3v) is 3.26. The predicted molar refractivity (Wildman–Crippen MR) is 86.9 cm³/mol. The molecule has 0 radical (unpaired) electrons. The van der Waals surface area contributed by atoms with Crippen molar-refractivity contribution in [1.82, 2.24) is 20.4 Å². The lowest BCUT2D eigenvalue weighted by molar-refractivity contribution is -0.142. The van der Waals surface area contributed by atoms with Gasteiger partial charge in [0.05, 0.1) is 6.21 Å². The zero-order chi connectivity index (χ0) is 19.4. The number of rotatable bonds is 5. The molecule has 0 aliphatic rings. The second kappa shape index (κ2) is 7.32. The molecule has 2 N–H and O–H groups in total. The van der Waals surface area contributed by atoms with Crippen LogP contribution in [0.4, 0.5) is 13.2 Å². The first-order chi connectivity index (χ1) is 12.8. The maximum absolute atomic E-state index is 12.3. The summed E-state index contributed by atoms with van der Waals surface area (Å²) in [6.45, 7) is -1.22. The van der Waals surface area contributed by atoms with E-state index < -0.39 is 18.6 Å². The van der Waals surface area contributed by atoms with Gasteiger partial charge in [0.2, 0.25) is 0 Å². The molecule has 1 amide bonds. The van der Waals surface area contributed by atoms with Crippen molar-refractivity contribution in [3.8, 4) is 17.1 Å². The number of benzene rings is 1. The second-order valence-corrected chi connectivity index (χ2v) is 5.38. The molecule has 2 aromatic heterocycles. The highest BCUT2D eigenvalue weighted by Crippen LogP contribution is 2.22. The molecule has 0 aliphatic carbocycles. The number of amides is 1. The molecule has 27 heavy (non-hydrogen) atoms. The number of nitrogens with zero attached hydrogens (tertiary/aromatic N) is 4. The van der Waals surface area contributed by atoms with Crippen LogP contribution in [0.5, 0.6) is 5.75 Å². The number of alkyl halides is 3.